The van der Waals surface area contributed by atoms with Crippen molar-refractivity contribution >= 4 is 17.7 Å². The predicted octanol–water partition coefficient (Wildman–Crippen LogP) is 1.15. The lowest BCUT2D eigenvalue weighted by atomic mass is 10.1. The molecule has 2 rings (SSSR count). The van der Waals surface area contributed by atoms with Gasteiger partial charge >= 0.3 is 5.97 Å². The van der Waals surface area contributed by atoms with Crippen molar-refractivity contribution in [3.63, 3.8) is 0 Å². The zero-order chi connectivity index (χ0) is 13.3. The minimum Gasteiger partial charge on any atom is -0.478 e. The average Bonchev–Trinajstić information content (AvgIpc) is 2.34. The van der Waals surface area contributed by atoms with Crippen LogP contribution in [-0.2, 0) is 0 Å². The largest absolute Gasteiger partial charge is 0.478 e. The normalized spacial score (nSPS) is 10.3. The van der Waals surface area contributed by atoms with Crippen LogP contribution < -0.4 is 11.5 Å². The van der Waals surface area contributed by atoms with E-state index in [0.29, 0.717) is 5.56 Å². The number of carboxylic acid groups (broad SMARTS) is 1. The van der Waals surface area contributed by atoms with Gasteiger partial charge in [0, 0.05) is 5.56 Å². The Kier molecular flexibility index (Phi) is 2.80. The van der Waals surface area contributed by atoms with Gasteiger partial charge in [0.25, 0.3) is 0 Å². The van der Waals surface area contributed by atoms with E-state index < -0.39 is 11.8 Å². The van der Waals surface area contributed by atoms with E-state index in [1.54, 1.807) is 0 Å². The Bertz CT molecular complexity index is 613. The molecule has 6 nitrogen and oxygen atoms in total. The van der Waals surface area contributed by atoms with Crippen LogP contribution in [-0.4, -0.2) is 21.0 Å². The first-order valence-electron chi connectivity index (χ1n) is 4.91. The summed E-state index contributed by atoms with van der Waals surface area (Å²) in [5.41, 5.74) is 11.1. The maximum absolute atomic E-state index is 13.7. The molecule has 0 aliphatic heterocycles. The zero-order valence-corrected chi connectivity index (χ0v) is 9.09. The molecule has 0 aliphatic carbocycles. The maximum Gasteiger partial charge on any atom is 0.335 e. The van der Waals surface area contributed by atoms with E-state index in [-0.39, 0.29) is 23.0 Å². The molecule has 0 atom stereocenters. The second kappa shape index (κ2) is 4.28. The first-order chi connectivity index (χ1) is 8.49. The van der Waals surface area contributed by atoms with E-state index >= 15 is 0 Å². The van der Waals surface area contributed by atoms with Gasteiger partial charge in [-0.05, 0) is 12.1 Å². The quantitative estimate of drug-likeness (QED) is 0.734. The number of carbonyl (C=O) groups is 1. The highest BCUT2D eigenvalue weighted by atomic mass is 19.1. The zero-order valence-electron chi connectivity index (χ0n) is 9.09. The Balaban J connectivity index is 2.52. The number of nitrogens with two attached hydrogens (primary N) is 2. The number of rotatable bonds is 2. The van der Waals surface area contributed by atoms with Crippen LogP contribution in [0.3, 0.4) is 0 Å². The van der Waals surface area contributed by atoms with Gasteiger partial charge in [-0.3, -0.25) is 0 Å². The van der Waals surface area contributed by atoms with Crippen molar-refractivity contribution in [2.75, 3.05) is 11.5 Å². The highest BCUT2D eigenvalue weighted by Crippen LogP contribution is 2.24. The van der Waals surface area contributed by atoms with Gasteiger partial charge in [0.05, 0.1) is 5.56 Å². The smallest absolute Gasteiger partial charge is 0.335 e. The number of hydrogen-bond donors (Lipinski definition) is 3. The summed E-state index contributed by atoms with van der Waals surface area (Å²) in [6.07, 6.45) is 0. The van der Waals surface area contributed by atoms with Gasteiger partial charge in [-0.25, -0.2) is 14.2 Å². The Morgan fingerprint density at radius 1 is 1.17 bits per heavy atom. The fourth-order valence-corrected chi connectivity index (χ4v) is 1.44. The van der Waals surface area contributed by atoms with Crippen LogP contribution in [0, 0.1) is 5.82 Å². The van der Waals surface area contributed by atoms with E-state index in [9.17, 15) is 9.18 Å². The summed E-state index contributed by atoms with van der Waals surface area (Å²) < 4.78 is 13.7. The number of anilines is 2. The number of nitrogens with zero attached hydrogens (tertiary/aromatic N) is 2. The second-order valence-electron chi connectivity index (χ2n) is 3.51. The molecule has 1 heterocycles. The molecule has 1 aromatic carbocycles. The lowest BCUT2D eigenvalue weighted by molar-refractivity contribution is 0.0697. The summed E-state index contributed by atoms with van der Waals surface area (Å²) in [5.74, 6) is -2.35. The molecule has 0 unspecified atom stereocenters. The Labute approximate surface area is 101 Å². The number of carboxylic acids is 1. The van der Waals surface area contributed by atoms with Crippen LogP contribution in [0.25, 0.3) is 11.3 Å². The van der Waals surface area contributed by atoms with Crippen LogP contribution in [0.1, 0.15) is 10.4 Å². The molecule has 7 heteroatoms. The molecular weight excluding hydrogens is 239 g/mol. The molecule has 0 aliphatic rings. The molecule has 5 N–H and O–H groups in total. The van der Waals surface area contributed by atoms with E-state index in [1.165, 1.54) is 24.3 Å². The van der Waals surface area contributed by atoms with Gasteiger partial charge in [-0.2, -0.15) is 4.98 Å². The second-order valence-corrected chi connectivity index (χ2v) is 3.51. The van der Waals surface area contributed by atoms with E-state index in [1.807, 2.05) is 0 Å². The van der Waals surface area contributed by atoms with Crippen LogP contribution in [0.15, 0.2) is 24.3 Å². The Morgan fingerprint density at radius 3 is 2.33 bits per heavy atom. The number of aromatic nitrogens is 2. The van der Waals surface area contributed by atoms with Crippen molar-refractivity contribution in [2.24, 2.45) is 0 Å². The van der Waals surface area contributed by atoms with Crippen LogP contribution >= 0.6 is 0 Å². The first-order valence-corrected chi connectivity index (χ1v) is 4.91. The summed E-state index contributed by atoms with van der Waals surface area (Å²) >= 11 is 0. The highest BCUT2D eigenvalue weighted by Gasteiger charge is 2.13. The summed E-state index contributed by atoms with van der Waals surface area (Å²) in [7, 11) is 0. The minimum absolute atomic E-state index is 0.0584. The van der Waals surface area contributed by atoms with Gasteiger partial charge in [0.2, 0.25) is 5.95 Å². The summed E-state index contributed by atoms with van der Waals surface area (Å²) in [4.78, 5) is 17.9. The third-order valence-corrected chi connectivity index (χ3v) is 2.30. The summed E-state index contributed by atoms with van der Waals surface area (Å²) in [6.45, 7) is 0. The number of benzene rings is 1. The molecular formula is C11H9FN4O2. The number of nitrogen functional groups attached to an aromatic ring is 2. The molecule has 92 valence electrons. The lowest BCUT2D eigenvalue weighted by Gasteiger charge is -2.05. The minimum atomic E-state index is -1.07. The van der Waals surface area contributed by atoms with Gasteiger partial charge in [0.15, 0.2) is 11.6 Å². The molecule has 0 bridgehead atoms. The van der Waals surface area contributed by atoms with Crippen molar-refractivity contribution in [1.82, 2.24) is 9.97 Å². The SMILES string of the molecule is Nc1nc(N)c(F)c(-c2ccc(C(=O)O)cc2)n1. The van der Waals surface area contributed by atoms with E-state index in [0.717, 1.165) is 0 Å². The molecule has 0 fully saturated rings. The van der Waals surface area contributed by atoms with Crippen LogP contribution in [0.4, 0.5) is 16.2 Å². The monoisotopic (exact) mass is 248 g/mol. The van der Waals surface area contributed by atoms with E-state index in [4.69, 9.17) is 16.6 Å². The lowest BCUT2D eigenvalue weighted by Crippen LogP contribution is -2.05. The van der Waals surface area contributed by atoms with Gasteiger partial charge in [-0.1, -0.05) is 12.1 Å². The first kappa shape index (κ1) is 11.8. The summed E-state index contributed by atoms with van der Waals surface area (Å²) in [6, 6.07) is 5.53. The number of halogens is 1. The summed E-state index contributed by atoms with van der Waals surface area (Å²) in [5, 5.41) is 8.75. The van der Waals surface area contributed by atoms with Crippen LogP contribution in [0.2, 0.25) is 0 Å². The third kappa shape index (κ3) is 2.05. The van der Waals surface area contributed by atoms with Gasteiger partial charge in [0.1, 0.15) is 5.69 Å². The van der Waals surface area contributed by atoms with Gasteiger partial charge < -0.3 is 16.6 Å². The van der Waals surface area contributed by atoms with Crippen molar-refractivity contribution in [3.8, 4) is 11.3 Å². The van der Waals surface area contributed by atoms with Gasteiger partial charge in [-0.15, -0.1) is 0 Å². The predicted molar refractivity (Wildman–Crippen MR) is 63.2 cm³/mol. The number of aromatic carboxylic acids is 1. The molecule has 18 heavy (non-hydrogen) atoms. The third-order valence-electron chi connectivity index (χ3n) is 2.30. The molecule has 0 radical (unpaired) electrons. The van der Waals surface area contributed by atoms with Crippen molar-refractivity contribution < 1.29 is 14.3 Å². The topological polar surface area (TPSA) is 115 Å². The highest BCUT2D eigenvalue weighted by molar-refractivity contribution is 5.88. The molecule has 0 amide bonds. The number of hydrogen-bond acceptors (Lipinski definition) is 5. The standard InChI is InChI=1S/C11H9FN4O2/c12-7-8(15-11(14)16-9(7)13)5-1-3-6(4-2-5)10(17)18/h1-4H,(H,17,18)(H4,13,14,15,16). The Hall–Kier alpha value is -2.70. The van der Waals surface area contributed by atoms with Crippen molar-refractivity contribution in [2.45, 2.75) is 0 Å². The Morgan fingerprint density at radius 2 is 1.78 bits per heavy atom. The average molecular weight is 248 g/mol. The molecule has 0 spiro atoms. The molecule has 2 aromatic rings. The fourth-order valence-electron chi connectivity index (χ4n) is 1.44. The maximum atomic E-state index is 13.7. The molecule has 1 aromatic heterocycles. The van der Waals surface area contributed by atoms with Crippen molar-refractivity contribution in [3.05, 3.63) is 35.6 Å². The molecule has 0 saturated heterocycles. The fraction of sp³-hybridized carbons (Fsp3) is 0. The van der Waals surface area contributed by atoms with E-state index in [2.05, 4.69) is 9.97 Å². The molecule has 0 saturated carbocycles. The van der Waals surface area contributed by atoms with Crippen LogP contribution in [0.5, 0.6) is 0 Å². The van der Waals surface area contributed by atoms with Crippen molar-refractivity contribution in [1.29, 1.82) is 0 Å².